The second kappa shape index (κ2) is 6.99. The second-order valence-corrected chi connectivity index (χ2v) is 6.50. The third-order valence-corrected chi connectivity index (χ3v) is 4.72. The molecule has 1 aromatic heterocycles. The second-order valence-electron chi connectivity index (χ2n) is 6.50. The van der Waals surface area contributed by atoms with Crippen molar-refractivity contribution >= 4 is 17.5 Å². The minimum atomic E-state index is 0.0654. The summed E-state index contributed by atoms with van der Waals surface area (Å²) in [5.74, 6) is 1.03. The number of hydrogen-bond acceptors (Lipinski definition) is 4. The van der Waals surface area contributed by atoms with Gasteiger partial charge < -0.3 is 9.80 Å². The van der Waals surface area contributed by atoms with E-state index < -0.39 is 0 Å². The van der Waals surface area contributed by atoms with E-state index in [2.05, 4.69) is 40.8 Å². The van der Waals surface area contributed by atoms with Crippen LogP contribution in [-0.4, -0.2) is 36.0 Å². The van der Waals surface area contributed by atoms with E-state index in [4.69, 9.17) is 0 Å². The Balaban J connectivity index is 1.64. The van der Waals surface area contributed by atoms with Gasteiger partial charge in [-0.2, -0.15) is 0 Å². The van der Waals surface area contributed by atoms with Gasteiger partial charge in [0.05, 0.1) is 0 Å². The molecule has 0 saturated carbocycles. The van der Waals surface area contributed by atoms with Gasteiger partial charge in [-0.15, -0.1) is 0 Å². The largest absolute Gasteiger partial charge is 0.341 e. The van der Waals surface area contributed by atoms with Crippen LogP contribution in [-0.2, 0) is 4.79 Å². The molecular weight excluding hydrogens is 300 g/mol. The molecule has 126 valence electrons. The lowest BCUT2D eigenvalue weighted by Gasteiger charge is -2.33. The molecule has 0 aliphatic carbocycles. The molecule has 24 heavy (non-hydrogen) atoms. The molecule has 1 aliphatic rings. The zero-order valence-corrected chi connectivity index (χ0v) is 14.6. The van der Waals surface area contributed by atoms with Gasteiger partial charge in [0.15, 0.2) is 0 Å². The van der Waals surface area contributed by atoms with Crippen molar-refractivity contribution in [1.29, 1.82) is 0 Å². The number of anilines is 2. The SMILES string of the molecule is Cc1ccc(N(C)C(=O)C2CCN(c3ncccn3)CC2)c(C)c1. The average Bonchev–Trinajstić information content (AvgIpc) is 2.61. The molecule has 1 aliphatic heterocycles. The average molecular weight is 324 g/mol. The summed E-state index contributed by atoms with van der Waals surface area (Å²) in [5.41, 5.74) is 3.36. The van der Waals surface area contributed by atoms with Crippen LogP contribution < -0.4 is 9.80 Å². The molecule has 0 unspecified atom stereocenters. The maximum absolute atomic E-state index is 12.9. The lowest BCUT2D eigenvalue weighted by molar-refractivity contribution is -0.122. The van der Waals surface area contributed by atoms with E-state index in [1.807, 2.05) is 24.1 Å². The highest BCUT2D eigenvalue weighted by Gasteiger charge is 2.28. The van der Waals surface area contributed by atoms with Crippen molar-refractivity contribution in [3.63, 3.8) is 0 Å². The summed E-state index contributed by atoms with van der Waals surface area (Å²) in [5, 5.41) is 0. The van der Waals surface area contributed by atoms with E-state index in [0.29, 0.717) is 0 Å². The lowest BCUT2D eigenvalue weighted by Crippen LogP contribution is -2.42. The molecule has 1 amide bonds. The summed E-state index contributed by atoms with van der Waals surface area (Å²) in [6.07, 6.45) is 5.19. The molecule has 3 rings (SSSR count). The number of rotatable bonds is 3. The Kier molecular flexibility index (Phi) is 4.79. The van der Waals surface area contributed by atoms with Crippen molar-refractivity contribution in [2.24, 2.45) is 5.92 Å². The molecule has 2 aromatic rings. The summed E-state index contributed by atoms with van der Waals surface area (Å²) >= 11 is 0. The third kappa shape index (κ3) is 3.40. The van der Waals surface area contributed by atoms with Crippen molar-refractivity contribution in [1.82, 2.24) is 9.97 Å². The highest BCUT2D eigenvalue weighted by Crippen LogP contribution is 2.26. The lowest BCUT2D eigenvalue weighted by atomic mass is 9.95. The molecule has 1 saturated heterocycles. The Hall–Kier alpha value is -2.43. The van der Waals surface area contributed by atoms with Crippen molar-refractivity contribution in [3.05, 3.63) is 47.8 Å². The Morgan fingerprint density at radius 2 is 1.83 bits per heavy atom. The number of aromatic nitrogens is 2. The maximum atomic E-state index is 12.9. The first-order chi connectivity index (χ1) is 11.6. The van der Waals surface area contributed by atoms with Gasteiger partial charge in [0.2, 0.25) is 11.9 Å². The van der Waals surface area contributed by atoms with Crippen LogP contribution in [0.4, 0.5) is 11.6 Å². The number of hydrogen-bond donors (Lipinski definition) is 0. The van der Waals surface area contributed by atoms with Crippen LogP contribution in [0, 0.1) is 19.8 Å². The topological polar surface area (TPSA) is 49.3 Å². The summed E-state index contributed by atoms with van der Waals surface area (Å²) in [7, 11) is 1.88. The van der Waals surface area contributed by atoms with Gasteiger partial charge in [-0.1, -0.05) is 17.7 Å². The van der Waals surface area contributed by atoms with Crippen LogP contribution in [0.5, 0.6) is 0 Å². The van der Waals surface area contributed by atoms with Crippen LogP contribution in [0.3, 0.4) is 0 Å². The number of piperidine rings is 1. The van der Waals surface area contributed by atoms with Gasteiger partial charge in [0.1, 0.15) is 0 Å². The molecule has 0 spiro atoms. The van der Waals surface area contributed by atoms with Crippen LogP contribution in [0.1, 0.15) is 24.0 Å². The molecule has 0 N–H and O–H groups in total. The van der Waals surface area contributed by atoms with Crippen LogP contribution >= 0.6 is 0 Å². The fraction of sp³-hybridized carbons (Fsp3) is 0.421. The standard InChI is InChI=1S/C19H24N4O/c1-14-5-6-17(15(2)13-14)22(3)18(24)16-7-11-23(12-8-16)19-20-9-4-10-21-19/h4-6,9-10,13,16H,7-8,11-12H2,1-3H3. The van der Waals surface area contributed by atoms with Crippen molar-refractivity contribution < 1.29 is 4.79 Å². The fourth-order valence-corrected chi connectivity index (χ4v) is 3.36. The van der Waals surface area contributed by atoms with E-state index in [1.54, 1.807) is 12.4 Å². The molecule has 2 heterocycles. The molecule has 0 atom stereocenters. The van der Waals surface area contributed by atoms with Crippen molar-refractivity contribution in [2.75, 3.05) is 29.9 Å². The molecular formula is C19H24N4O. The Morgan fingerprint density at radius 1 is 1.17 bits per heavy atom. The molecule has 1 aromatic carbocycles. The zero-order valence-electron chi connectivity index (χ0n) is 14.6. The number of amides is 1. The summed E-state index contributed by atoms with van der Waals surface area (Å²) in [4.78, 5) is 25.4. The van der Waals surface area contributed by atoms with Crippen LogP contribution in [0.25, 0.3) is 0 Å². The quantitative estimate of drug-likeness (QED) is 0.871. The highest BCUT2D eigenvalue weighted by molar-refractivity contribution is 5.95. The molecule has 5 nitrogen and oxygen atoms in total. The van der Waals surface area contributed by atoms with Gasteiger partial charge in [-0.3, -0.25) is 4.79 Å². The predicted molar refractivity (Wildman–Crippen MR) is 96.3 cm³/mol. The number of carbonyl (C=O) groups excluding carboxylic acids is 1. The van der Waals surface area contributed by atoms with E-state index in [9.17, 15) is 4.79 Å². The number of aryl methyl sites for hydroxylation is 2. The first kappa shape index (κ1) is 16.4. The zero-order chi connectivity index (χ0) is 17.1. The van der Waals surface area contributed by atoms with E-state index in [0.717, 1.165) is 43.1 Å². The summed E-state index contributed by atoms with van der Waals surface area (Å²) < 4.78 is 0. The first-order valence-corrected chi connectivity index (χ1v) is 8.43. The highest BCUT2D eigenvalue weighted by atomic mass is 16.2. The van der Waals surface area contributed by atoms with Crippen molar-refractivity contribution in [2.45, 2.75) is 26.7 Å². The van der Waals surface area contributed by atoms with Gasteiger partial charge in [-0.25, -0.2) is 9.97 Å². The number of benzene rings is 1. The number of carbonyl (C=O) groups is 1. The van der Waals surface area contributed by atoms with E-state index in [1.165, 1.54) is 5.56 Å². The van der Waals surface area contributed by atoms with Gasteiger partial charge in [0.25, 0.3) is 0 Å². The van der Waals surface area contributed by atoms with Crippen LogP contribution in [0.2, 0.25) is 0 Å². The Bertz CT molecular complexity index is 709. The fourth-order valence-electron chi connectivity index (χ4n) is 3.36. The van der Waals surface area contributed by atoms with Crippen molar-refractivity contribution in [3.8, 4) is 0 Å². The van der Waals surface area contributed by atoms with E-state index >= 15 is 0 Å². The van der Waals surface area contributed by atoms with Crippen LogP contribution in [0.15, 0.2) is 36.7 Å². The normalized spacial score (nSPS) is 15.4. The minimum Gasteiger partial charge on any atom is -0.341 e. The third-order valence-electron chi connectivity index (χ3n) is 4.72. The van der Waals surface area contributed by atoms with Gasteiger partial charge >= 0.3 is 0 Å². The Morgan fingerprint density at radius 3 is 2.46 bits per heavy atom. The van der Waals surface area contributed by atoms with Gasteiger partial charge in [0, 0.05) is 44.1 Å². The molecule has 0 radical (unpaired) electrons. The molecule has 5 heteroatoms. The van der Waals surface area contributed by atoms with Gasteiger partial charge in [-0.05, 0) is 44.4 Å². The molecule has 0 bridgehead atoms. The van der Waals surface area contributed by atoms with E-state index in [-0.39, 0.29) is 11.8 Å². The first-order valence-electron chi connectivity index (χ1n) is 8.43. The molecule has 1 fully saturated rings. The monoisotopic (exact) mass is 324 g/mol. The summed E-state index contributed by atoms with van der Waals surface area (Å²) in [6.45, 7) is 5.77. The summed E-state index contributed by atoms with van der Waals surface area (Å²) in [6, 6.07) is 8.03. The minimum absolute atomic E-state index is 0.0654. The smallest absolute Gasteiger partial charge is 0.229 e. The maximum Gasteiger partial charge on any atom is 0.229 e. The Labute approximate surface area is 143 Å². The predicted octanol–water partition coefficient (Wildman–Crippen LogP) is 2.97. The number of nitrogens with zero attached hydrogens (tertiary/aromatic N) is 4.